The lowest BCUT2D eigenvalue weighted by molar-refractivity contribution is 0.0231. The van der Waals surface area contributed by atoms with Crippen LogP contribution in [-0.4, -0.2) is 78.8 Å². The maximum atomic E-state index is 12.2. The van der Waals surface area contributed by atoms with E-state index in [1.165, 1.54) is 38.8 Å². The molecule has 1 amide bonds. The summed E-state index contributed by atoms with van der Waals surface area (Å²) < 4.78 is 5.44. The van der Waals surface area contributed by atoms with E-state index in [4.69, 9.17) is 9.73 Å². The van der Waals surface area contributed by atoms with Crippen LogP contribution in [0.15, 0.2) is 4.99 Å². The molecule has 7 nitrogen and oxygen atoms in total. The van der Waals surface area contributed by atoms with Gasteiger partial charge in [-0.15, -0.1) is 0 Å². The van der Waals surface area contributed by atoms with E-state index in [-0.39, 0.29) is 12.1 Å². The van der Waals surface area contributed by atoms with Gasteiger partial charge < -0.3 is 25.2 Å². The van der Waals surface area contributed by atoms with Gasteiger partial charge in [0.05, 0.1) is 0 Å². The molecule has 1 aliphatic heterocycles. The van der Waals surface area contributed by atoms with Crippen molar-refractivity contribution >= 4 is 12.1 Å². The molecular weight excluding hydrogens is 354 g/mol. The normalized spacial score (nSPS) is 20.6. The third-order valence-corrected chi connectivity index (χ3v) is 5.44. The van der Waals surface area contributed by atoms with Crippen molar-refractivity contribution < 1.29 is 9.53 Å². The Hall–Kier alpha value is -1.50. The second-order valence-electron chi connectivity index (χ2n) is 9.18. The quantitative estimate of drug-likeness (QED) is 0.512. The molecule has 1 heterocycles. The average Bonchev–Trinajstić information content (AvgIpc) is 3.45. The van der Waals surface area contributed by atoms with Crippen molar-refractivity contribution in [2.45, 2.75) is 90.4 Å². The third-order valence-electron chi connectivity index (χ3n) is 5.44. The number of hydrogen-bond donors (Lipinski definition) is 2. The zero-order chi connectivity index (χ0) is 20.7. The maximum Gasteiger partial charge on any atom is 0.410 e. The van der Waals surface area contributed by atoms with Gasteiger partial charge in [-0.25, -0.2) is 4.79 Å². The molecule has 28 heavy (non-hydrogen) atoms. The van der Waals surface area contributed by atoms with Gasteiger partial charge in [0.1, 0.15) is 5.60 Å². The smallest absolute Gasteiger partial charge is 0.410 e. The van der Waals surface area contributed by atoms with Gasteiger partial charge >= 0.3 is 6.09 Å². The van der Waals surface area contributed by atoms with Crippen LogP contribution in [0.3, 0.4) is 0 Å². The van der Waals surface area contributed by atoms with Crippen LogP contribution >= 0.6 is 0 Å². The molecule has 2 aliphatic rings. The molecule has 2 N–H and O–H groups in total. The first-order valence-corrected chi connectivity index (χ1v) is 10.9. The Balaban J connectivity index is 1.75. The summed E-state index contributed by atoms with van der Waals surface area (Å²) >= 11 is 0. The number of nitrogens with one attached hydrogen (secondary N) is 2. The molecule has 0 radical (unpaired) electrons. The van der Waals surface area contributed by atoms with Gasteiger partial charge in [-0.05, 0) is 66.7 Å². The lowest BCUT2D eigenvalue weighted by Crippen LogP contribution is -2.49. The van der Waals surface area contributed by atoms with Crippen LogP contribution in [0.1, 0.15) is 66.7 Å². The Morgan fingerprint density at radius 1 is 1.25 bits per heavy atom. The standard InChI is InChI=1S/C21H41N5O2/c1-7-22-19(24-17-11-14-26(15-12-17)18-8-9-18)23-13-10-16(2)25(6)20(27)28-21(3,4)5/h16-18H,7-15H2,1-6H3,(H2,22,23,24). The van der Waals surface area contributed by atoms with E-state index in [1.807, 2.05) is 27.7 Å². The highest BCUT2D eigenvalue weighted by molar-refractivity contribution is 5.80. The molecule has 1 aliphatic carbocycles. The Labute approximate surface area is 171 Å². The van der Waals surface area contributed by atoms with Crippen molar-refractivity contribution in [3.05, 3.63) is 0 Å². The number of guanidine groups is 1. The van der Waals surface area contributed by atoms with Gasteiger partial charge in [0.15, 0.2) is 5.96 Å². The highest BCUT2D eigenvalue weighted by atomic mass is 16.6. The average molecular weight is 396 g/mol. The van der Waals surface area contributed by atoms with E-state index in [0.717, 1.165) is 25.0 Å². The zero-order valence-electron chi connectivity index (χ0n) is 18.8. The number of hydrogen-bond acceptors (Lipinski definition) is 4. The van der Waals surface area contributed by atoms with Crippen LogP contribution in [0.5, 0.6) is 0 Å². The fourth-order valence-corrected chi connectivity index (χ4v) is 3.43. The van der Waals surface area contributed by atoms with Gasteiger partial charge in [-0.1, -0.05) is 0 Å². The lowest BCUT2D eigenvalue weighted by atomic mass is 10.1. The summed E-state index contributed by atoms with van der Waals surface area (Å²) in [7, 11) is 1.79. The molecular formula is C21H41N5O2. The van der Waals surface area contributed by atoms with E-state index in [0.29, 0.717) is 12.6 Å². The Kier molecular flexibility index (Phi) is 8.40. The summed E-state index contributed by atoms with van der Waals surface area (Å²) in [5.74, 6) is 0.888. The van der Waals surface area contributed by atoms with Crippen LogP contribution in [0.2, 0.25) is 0 Å². The largest absolute Gasteiger partial charge is 0.444 e. The van der Waals surface area contributed by atoms with Crippen LogP contribution in [0, 0.1) is 0 Å². The predicted molar refractivity (Wildman–Crippen MR) is 115 cm³/mol. The van der Waals surface area contributed by atoms with Gasteiger partial charge in [0.2, 0.25) is 0 Å². The topological polar surface area (TPSA) is 69.2 Å². The fraction of sp³-hybridized carbons (Fsp3) is 0.905. The first-order chi connectivity index (χ1) is 13.2. The van der Waals surface area contributed by atoms with Gasteiger partial charge in [0, 0.05) is 51.4 Å². The van der Waals surface area contributed by atoms with Gasteiger partial charge in [0.25, 0.3) is 0 Å². The molecule has 2 rings (SSSR count). The number of carbonyl (C=O) groups is 1. The number of rotatable bonds is 7. The highest BCUT2D eigenvalue weighted by Gasteiger charge is 2.32. The maximum absolute atomic E-state index is 12.2. The van der Waals surface area contributed by atoms with Crippen molar-refractivity contribution in [3.63, 3.8) is 0 Å². The van der Waals surface area contributed by atoms with Crippen molar-refractivity contribution in [3.8, 4) is 0 Å². The Bertz CT molecular complexity index is 519. The minimum absolute atomic E-state index is 0.0725. The fourth-order valence-electron chi connectivity index (χ4n) is 3.43. The molecule has 2 fully saturated rings. The van der Waals surface area contributed by atoms with Crippen molar-refractivity contribution in [1.29, 1.82) is 0 Å². The van der Waals surface area contributed by atoms with Crippen LogP contribution in [-0.2, 0) is 4.74 Å². The molecule has 7 heteroatoms. The second kappa shape index (κ2) is 10.3. The number of piperidine rings is 1. The van der Waals surface area contributed by atoms with E-state index in [1.54, 1.807) is 11.9 Å². The minimum atomic E-state index is -0.472. The highest BCUT2D eigenvalue weighted by Crippen LogP contribution is 2.29. The molecule has 1 unspecified atom stereocenters. The van der Waals surface area contributed by atoms with E-state index in [2.05, 4.69) is 22.5 Å². The number of nitrogens with zero attached hydrogens (tertiary/aromatic N) is 3. The molecule has 1 saturated heterocycles. The van der Waals surface area contributed by atoms with Crippen molar-refractivity contribution in [1.82, 2.24) is 20.4 Å². The number of ether oxygens (including phenoxy) is 1. The summed E-state index contributed by atoms with van der Waals surface area (Å²) in [6.45, 7) is 13.7. The summed E-state index contributed by atoms with van der Waals surface area (Å²) in [5.41, 5.74) is -0.472. The summed E-state index contributed by atoms with van der Waals surface area (Å²) in [4.78, 5) is 21.2. The minimum Gasteiger partial charge on any atom is -0.444 e. The molecule has 0 aromatic heterocycles. The summed E-state index contributed by atoms with van der Waals surface area (Å²) in [5, 5.41) is 6.95. The monoisotopic (exact) mass is 395 g/mol. The summed E-state index contributed by atoms with van der Waals surface area (Å²) in [6.07, 6.45) is 5.65. The number of aliphatic imine (C=N–C) groups is 1. The van der Waals surface area contributed by atoms with Crippen LogP contribution in [0.25, 0.3) is 0 Å². The molecule has 162 valence electrons. The van der Waals surface area contributed by atoms with E-state index >= 15 is 0 Å². The van der Waals surface area contributed by atoms with Crippen molar-refractivity contribution in [2.24, 2.45) is 4.99 Å². The van der Waals surface area contributed by atoms with Gasteiger partial charge in [-0.3, -0.25) is 4.99 Å². The predicted octanol–water partition coefficient (Wildman–Crippen LogP) is 2.81. The lowest BCUT2D eigenvalue weighted by Gasteiger charge is -2.33. The van der Waals surface area contributed by atoms with E-state index in [9.17, 15) is 4.79 Å². The molecule has 0 aromatic carbocycles. The SMILES string of the molecule is CCNC(=NCCC(C)N(C)C(=O)OC(C)(C)C)NC1CCN(C2CC2)CC1. The molecule has 1 atom stereocenters. The first kappa shape index (κ1) is 22.8. The first-order valence-electron chi connectivity index (χ1n) is 10.9. The number of amides is 1. The zero-order valence-corrected chi connectivity index (χ0v) is 18.8. The molecule has 1 saturated carbocycles. The molecule has 0 aromatic rings. The van der Waals surface area contributed by atoms with E-state index < -0.39 is 5.60 Å². The number of likely N-dealkylation sites (tertiary alicyclic amines) is 1. The third kappa shape index (κ3) is 7.86. The Morgan fingerprint density at radius 2 is 1.89 bits per heavy atom. The number of carbonyl (C=O) groups excluding carboxylic acids is 1. The van der Waals surface area contributed by atoms with Gasteiger partial charge in [-0.2, -0.15) is 0 Å². The Morgan fingerprint density at radius 3 is 2.43 bits per heavy atom. The van der Waals surface area contributed by atoms with Crippen LogP contribution in [0.4, 0.5) is 4.79 Å². The second-order valence-corrected chi connectivity index (χ2v) is 9.18. The summed E-state index contributed by atoms with van der Waals surface area (Å²) in [6, 6.07) is 1.43. The van der Waals surface area contributed by atoms with Crippen molar-refractivity contribution in [2.75, 3.05) is 33.2 Å². The molecule has 0 spiro atoms. The molecule has 0 bridgehead atoms. The van der Waals surface area contributed by atoms with Crippen LogP contribution < -0.4 is 10.6 Å².